The van der Waals surface area contributed by atoms with E-state index in [1.165, 1.54) is 33.6 Å². The smallest absolute Gasteiger partial charge is 0.258 e. The lowest BCUT2D eigenvalue weighted by Gasteiger charge is -1.99. The Labute approximate surface area is 150 Å². The van der Waals surface area contributed by atoms with Crippen molar-refractivity contribution in [1.82, 2.24) is 14.4 Å². The summed E-state index contributed by atoms with van der Waals surface area (Å²) in [7, 11) is 0. The van der Waals surface area contributed by atoms with Crippen LogP contribution in [0.15, 0.2) is 62.5 Å². The van der Waals surface area contributed by atoms with Crippen LogP contribution in [0.4, 0.5) is 0 Å². The average molecular weight is 376 g/mol. The van der Waals surface area contributed by atoms with Crippen molar-refractivity contribution in [2.24, 2.45) is 0 Å². The van der Waals surface area contributed by atoms with Crippen LogP contribution in [0.1, 0.15) is 5.69 Å². The van der Waals surface area contributed by atoms with Gasteiger partial charge in [0.05, 0.1) is 11.9 Å². The van der Waals surface area contributed by atoms with E-state index in [0.717, 1.165) is 5.56 Å². The van der Waals surface area contributed by atoms with Crippen molar-refractivity contribution in [3.05, 3.63) is 69.2 Å². The molecule has 4 rings (SSSR count). The van der Waals surface area contributed by atoms with Gasteiger partial charge in [0.1, 0.15) is 0 Å². The van der Waals surface area contributed by atoms with E-state index in [4.69, 9.17) is 16.0 Å². The van der Waals surface area contributed by atoms with Crippen molar-refractivity contribution in [2.45, 2.75) is 11.0 Å². The highest BCUT2D eigenvalue weighted by atomic mass is 35.5. The first-order chi connectivity index (χ1) is 11.7. The molecule has 4 aromatic rings. The Balaban J connectivity index is 1.51. The molecule has 0 fully saturated rings. The SMILES string of the molecule is O=c1cc(CSc2ncc(-c3ccc(Cl)cc3)o2)nc2sccn12. The third-order valence-electron chi connectivity index (χ3n) is 3.31. The third kappa shape index (κ3) is 3.10. The molecule has 0 spiro atoms. The molecule has 0 aliphatic rings. The fraction of sp³-hybridized carbons (Fsp3) is 0.0625. The molecule has 0 unspecified atom stereocenters. The minimum Gasteiger partial charge on any atom is -0.431 e. The quantitative estimate of drug-likeness (QED) is 0.496. The second-order valence-corrected chi connectivity index (χ2v) is 7.16. The number of thiazole rings is 1. The zero-order chi connectivity index (χ0) is 16.5. The van der Waals surface area contributed by atoms with E-state index in [1.54, 1.807) is 24.5 Å². The zero-order valence-electron chi connectivity index (χ0n) is 12.2. The Morgan fingerprint density at radius 3 is 2.96 bits per heavy atom. The summed E-state index contributed by atoms with van der Waals surface area (Å²) in [5.74, 6) is 1.19. The number of fused-ring (bicyclic) bond motifs is 1. The Morgan fingerprint density at radius 2 is 2.12 bits per heavy atom. The predicted octanol–water partition coefficient (Wildman–Crippen LogP) is 4.36. The summed E-state index contributed by atoms with van der Waals surface area (Å²) in [6, 6.07) is 8.91. The molecular formula is C16H10ClN3O2S2. The van der Waals surface area contributed by atoms with E-state index in [1.807, 2.05) is 17.5 Å². The fourth-order valence-electron chi connectivity index (χ4n) is 2.17. The van der Waals surface area contributed by atoms with Gasteiger partial charge in [-0.3, -0.25) is 9.20 Å². The van der Waals surface area contributed by atoms with E-state index in [-0.39, 0.29) is 5.56 Å². The number of hydrogen-bond donors (Lipinski definition) is 0. The van der Waals surface area contributed by atoms with Gasteiger partial charge in [0, 0.05) is 34.0 Å². The van der Waals surface area contributed by atoms with Crippen LogP contribution >= 0.6 is 34.7 Å². The maximum Gasteiger partial charge on any atom is 0.258 e. The second kappa shape index (κ2) is 6.43. The minimum absolute atomic E-state index is 0.0777. The molecule has 0 aliphatic heterocycles. The standard InChI is InChI=1S/C16H10ClN3O2S2/c17-11-3-1-10(2-4-11)13-8-18-16(22-13)24-9-12-7-14(21)20-5-6-23-15(20)19-12/h1-8H,9H2. The van der Waals surface area contributed by atoms with Crippen molar-refractivity contribution in [3.8, 4) is 11.3 Å². The highest BCUT2D eigenvalue weighted by molar-refractivity contribution is 7.98. The molecule has 3 heterocycles. The van der Waals surface area contributed by atoms with Crippen LogP contribution in [0.2, 0.25) is 5.02 Å². The van der Waals surface area contributed by atoms with Gasteiger partial charge in [-0.2, -0.15) is 0 Å². The lowest BCUT2D eigenvalue weighted by Crippen LogP contribution is -2.12. The average Bonchev–Trinajstić information content (AvgIpc) is 3.23. The molecule has 0 atom stereocenters. The van der Waals surface area contributed by atoms with Crippen LogP contribution in [0.3, 0.4) is 0 Å². The summed E-state index contributed by atoms with van der Waals surface area (Å²) in [5, 5.41) is 3.05. The molecule has 0 saturated heterocycles. The Morgan fingerprint density at radius 1 is 1.29 bits per heavy atom. The third-order valence-corrected chi connectivity index (χ3v) is 5.20. The number of oxazole rings is 1. The molecule has 0 bridgehead atoms. The lowest BCUT2D eigenvalue weighted by molar-refractivity contribution is 0.466. The first-order valence-electron chi connectivity index (χ1n) is 6.99. The Hall–Kier alpha value is -2.09. The molecule has 0 saturated carbocycles. The molecule has 0 N–H and O–H groups in total. The van der Waals surface area contributed by atoms with Gasteiger partial charge in [0.25, 0.3) is 10.8 Å². The summed E-state index contributed by atoms with van der Waals surface area (Å²) in [6.07, 6.45) is 3.40. The van der Waals surface area contributed by atoms with E-state index >= 15 is 0 Å². The van der Waals surface area contributed by atoms with Crippen LogP contribution in [0.5, 0.6) is 0 Å². The highest BCUT2D eigenvalue weighted by Crippen LogP contribution is 2.27. The predicted molar refractivity (Wildman–Crippen MR) is 95.8 cm³/mol. The number of hydrogen-bond acceptors (Lipinski definition) is 6. The van der Waals surface area contributed by atoms with Gasteiger partial charge < -0.3 is 4.42 Å². The van der Waals surface area contributed by atoms with Crippen molar-refractivity contribution in [3.63, 3.8) is 0 Å². The van der Waals surface area contributed by atoms with Crippen molar-refractivity contribution in [2.75, 3.05) is 0 Å². The summed E-state index contributed by atoms with van der Waals surface area (Å²) < 4.78 is 7.26. The topological polar surface area (TPSA) is 60.4 Å². The van der Waals surface area contributed by atoms with Gasteiger partial charge in [0.2, 0.25) is 0 Å². The Bertz CT molecular complexity index is 1050. The molecule has 1 aromatic carbocycles. The molecule has 3 aromatic heterocycles. The summed E-state index contributed by atoms with van der Waals surface area (Å²) in [5.41, 5.74) is 1.54. The summed E-state index contributed by atoms with van der Waals surface area (Å²) in [4.78, 5) is 21.4. The molecule has 0 amide bonds. The molecule has 24 heavy (non-hydrogen) atoms. The van der Waals surface area contributed by atoms with Gasteiger partial charge in [0.15, 0.2) is 10.7 Å². The number of thioether (sulfide) groups is 1. The number of aromatic nitrogens is 3. The molecule has 8 heteroatoms. The van der Waals surface area contributed by atoms with Crippen molar-refractivity contribution in [1.29, 1.82) is 0 Å². The molecule has 5 nitrogen and oxygen atoms in total. The fourth-order valence-corrected chi connectivity index (χ4v) is 3.73. The Kier molecular flexibility index (Phi) is 4.13. The van der Waals surface area contributed by atoms with Gasteiger partial charge in [-0.25, -0.2) is 9.97 Å². The molecule has 0 aliphatic carbocycles. The van der Waals surface area contributed by atoms with E-state index in [2.05, 4.69) is 9.97 Å². The van der Waals surface area contributed by atoms with Gasteiger partial charge in [-0.1, -0.05) is 23.4 Å². The van der Waals surface area contributed by atoms with E-state index in [0.29, 0.717) is 32.4 Å². The van der Waals surface area contributed by atoms with Gasteiger partial charge in [-0.05, 0) is 24.3 Å². The number of nitrogens with zero attached hydrogens (tertiary/aromatic N) is 3. The first kappa shape index (κ1) is 15.4. The zero-order valence-corrected chi connectivity index (χ0v) is 14.6. The van der Waals surface area contributed by atoms with Crippen LogP contribution in [-0.2, 0) is 5.75 Å². The maximum absolute atomic E-state index is 12.0. The molecular weight excluding hydrogens is 366 g/mol. The van der Waals surface area contributed by atoms with Crippen molar-refractivity contribution < 1.29 is 4.42 Å². The van der Waals surface area contributed by atoms with E-state index in [9.17, 15) is 4.79 Å². The normalized spacial score (nSPS) is 11.2. The summed E-state index contributed by atoms with van der Waals surface area (Å²) >= 11 is 8.72. The minimum atomic E-state index is -0.0777. The monoisotopic (exact) mass is 375 g/mol. The van der Waals surface area contributed by atoms with Crippen LogP contribution in [-0.4, -0.2) is 14.4 Å². The van der Waals surface area contributed by atoms with Crippen LogP contribution in [0.25, 0.3) is 16.3 Å². The van der Waals surface area contributed by atoms with Gasteiger partial charge >= 0.3 is 0 Å². The lowest BCUT2D eigenvalue weighted by atomic mass is 10.2. The highest BCUT2D eigenvalue weighted by Gasteiger charge is 2.09. The molecule has 120 valence electrons. The maximum atomic E-state index is 12.0. The molecule has 0 radical (unpaired) electrons. The van der Waals surface area contributed by atoms with E-state index < -0.39 is 0 Å². The second-order valence-electron chi connectivity index (χ2n) is 4.93. The number of rotatable bonds is 4. The van der Waals surface area contributed by atoms with Crippen LogP contribution in [0, 0.1) is 0 Å². The first-order valence-corrected chi connectivity index (χ1v) is 9.24. The summed E-state index contributed by atoms with van der Waals surface area (Å²) in [6.45, 7) is 0. The van der Waals surface area contributed by atoms with Crippen molar-refractivity contribution >= 4 is 39.7 Å². The number of benzene rings is 1. The van der Waals surface area contributed by atoms with Crippen LogP contribution < -0.4 is 5.56 Å². The largest absolute Gasteiger partial charge is 0.431 e. The van der Waals surface area contributed by atoms with Gasteiger partial charge in [-0.15, -0.1) is 11.3 Å². The number of halogens is 1.